The van der Waals surface area contributed by atoms with Gasteiger partial charge in [-0.15, -0.1) is 0 Å². The minimum Gasteiger partial charge on any atom is -0.0973 e. The zero-order valence-electron chi connectivity index (χ0n) is 8.58. The van der Waals surface area contributed by atoms with Gasteiger partial charge in [-0.25, -0.2) is 0 Å². The van der Waals surface area contributed by atoms with Gasteiger partial charge in [0.05, 0.1) is 12.6 Å². The smallest absolute Gasteiger partial charge is 0.0973 e. The summed E-state index contributed by atoms with van der Waals surface area (Å²) in [6, 6.07) is 0. The molecule has 2 unspecified atom stereocenters. The van der Waals surface area contributed by atoms with Gasteiger partial charge >= 0.3 is 0 Å². The van der Waals surface area contributed by atoms with Gasteiger partial charge in [0.25, 0.3) is 5.90 Å². The predicted molar refractivity (Wildman–Crippen MR) is 74.2 cm³/mol. The zero-order chi connectivity index (χ0) is 9.78. The second-order valence-corrected chi connectivity index (χ2v) is 13.3. The van der Waals surface area contributed by atoms with Crippen molar-refractivity contribution in [1.29, 1.82) is 0 Å². The minimum atomic E-state index is -0.840. The third-order valence-corrected chi connectivity index (χ3v) is 10.2. The molecule has 0 aromatic carbocycles. The summed E-state index contributed by atoms with van der Waals surface area (Å²) in [7, 11) is 0.0249. The average molecular weight is 222 g/mol. The minimum absolute atomic E-state index is 0.0107. The Kier molecular flexibility index (Phi) is 5.67. The summed E-state index contributed by atoms with van der Waals surface area (Å²) in [6.45, 7) is 5.98. The summed E-state index contributed by atoms with van der Waals surface area (Å²) in [5, 5.41) is 0. The van der Waals surface area contributed by atoms with Crippen molar-refractivity contribution in [3.05, 3.63) is 0 Å². The first-order chi connectivity index (χ1) is 5.35. The third kappa shape index (κ3) is 7.30. The van der Waals surface area contributed by atoms with Crippen molar-refractivity contribution < 1.29 is 0 Å². The van der Waals surface area contributed by atoms with E-state index in [4.69, 9.17) is 0 Å². The van der Waals surface area contributed by atoms with Gasteiger partial charge in [-0.3, -0.25) is 0 Å². The van der Waals surface area contributed by atoms with Crippen LogP contribution in [0.1, 0.15) is 6.92 Å². The predicted octanol–water partition coefficient (Wildman–Crippen LogP) is 3.46. The Hall–Kier alpha value is 0.640. The fraction of sp³-hybridized carbons (Fsp3) is 0.667. The molecule has 0 radical (unpaired) electrons. The molecule has 0 nitrogen and oxygen atoms in total. The normalized spacial score (nSPS) is 14.2. The fourth-order valence-corrected chi connectivity index (χ4v) is 9.53. The molecule has 3 heteroatoms. The molecule has 0 aliphatic rings. The maximum atomic E-state index is 4.24. The largest absolute Gasteiger partial charge is 0.252 e. The van der Waals surface area contributed by atoms with Crippen LogP contribution in [0.2, 0.25) is 0 Å². The van der Waals surface area contributed by atoms with Gasteiger partial charge < -0.3 is 0 Å². The molecule has 0 saturated heterocycles. The van der Waals surface area contributed by atoms with Gasteiger partial charge in [0.15, 0.2) is 0 Å². The lowest BCUT2D eigenvalue weighted by Gasteiger charge is -2.04. The van der Waals surface area contributed by atoms with Gasteiger partial charge in [-0.05, 0) is 20.3 Å². The lowest BCUT2D eigenvalue weighted by Crippen LogP contribution is -1.83. The van der Waals surface area contributed by atoms with E-state index in [2.05, 4.69) is 39.2 Å². The lowest BCUT2D eigenvalue weighted by molar-refractivity contribution is 1.51. The van der Waals surface area contributed by atoms with Crippen LogP contribution in [-0.4, -0.2) is 50.2 Å². The van der Waals surface area contributed by atoms with E-state index in [-0.39, 0.29) is 15.1 Å². The highest BCUT2D eigenvalue weighted by atomic mass is 31.2. The summed E-state index contributed by atoms with van der Waals surface area (Å²) in [6.07, 6.45) is 13.9. The molecule has 0 aliphatic carbocycles. The average Bonchev–Trinajstić information content (AvgIpc) is 1.82. The zero-order valence-corrected chi connectivity index (χ0v) is 11.3. The lowest BCUT2D eigenvalue weighted by atomic mass is 11.0. The summed E-state index contributed by atoms with van der Waals surface area (Å²) >= 11 is 0. The quantitative estimate of drug-likeness (QED) is 0.625. The van der Waals surface area contributed by atoms with E-state index in [0.29, 0.717) is 0 Å². The summed E-state index contributed by atoms with van der Waals surface area (Å²) in [5.74, 6) is 2.58. The Morgan fingerprint density at radius 1 is 1.17 bits per heavy atom. The van der Waals surface area contributed by atoms with E-state index in [1.807, 2.05) is 0 Å². The number of rotatable bonds is 5. The molecule has 0 aliphatic heterocycles. The standard InChI is InChI=1S/C9H21P3/c1-7-10(2)8-11(3)9-12(4,5)6/h2-4,7-9H2,1,5-6H3/q+2. The van der Waals surface area contributed by atoms with E-state index in [1.165, 1.54) is 18.0 Å². The van der Waals surface area contributed by atoms with Gasteiger partial charge in [0, 0.05) is 0 Å². The van der Waals surface area contributed by atoms with Crippen molar-refractivity contribution in [2.75, 3.05) is 31.3 Å². The highest BCUT2D eigenvalue weighted by Crippen LogP contribution is 2.48. The molecular formula is C9H21P3+2. The van der Waals surface area contributed by atoms with E-state index >= 15 is 0 Å². The molecule has 0 fully saturated rings. The summed E-state index contributed by atoms with van der Waals surface area (Å²) in [4.78, 5) is 0. The first kappa shape index (κ1) is 12.6. The molecule has 0 aromatic rings. The Morgan fingerprint density at radius 2 is 1.67 bits per heavy atom. The van der Waals surface area contributed by atoms with Gasteiger partial charge in [-0.2, -0.15) is 0 Å². The van der Waals surface area contributed by atoms with Crippen LogP contribution in [0.25, 0.3) is 0 Å². The Labute approximate surface area is 79.5 Å². The molecule has 0 bridgehead atoms. The highest BCUT2D eigenvalue weighted by molar-refractivity contribution is 7.85. The van der Waals surface area contributed by atoms with E-state index in [1.54, 1.807) is 0 Å². The third-order valence-electron chi connectivity index (χ3n) is 1.43. The van der Waals surface area contributed by atoms with E-state index in [0.717, 1.165) is 0 Å². The van der Waals surface area contributed by atoms with Crippen LogP contribution in [0, 0.1) is 0 Å². The molecule has 0 rings (SSSR count). The second-order valence-electron chi connectivity index (χ2n) is 3.88. The monoisotopic (exact) mass is 222 g/mol. The Morgan fingerprint density at radius 3 is 2.00 bits per heavy atom. The number of hydrogen-bond donors (Lipinski definition) is 0. The van der Waals surface area contributed by atoms with Crippen LogP contribution in [0.5, 0.6) is 0 Å². The molecule has 70 valence electrons. The van der Waals surface area contributed by atoms with Crippen molar-refractivity contribution >= 4 is 40.9 Å². The first-order valence-corrected chi connectivity index (χ1v) is 11.0. The van der Waals surface area contributed by atoms with Crippen molar-refractivity contribution in [3.63, 3.8) is 0 Å². The highest BCUT2D eigenvalue weighted by Gasteiger charge is 2.18. The molecular weight excluding hydrogens is 201 g/mol. The van der Waals surface area contributed by atoms with Crippen LogP contribution in [0.15, 0.2) is 0 Å². The van der Waals surface area contributed by atoms with Crippen LogP contribution < -0.4 is 0 Å². The first-order valence-electron chi connectivity index (χ1n) is 4.13. The molecule has 0 N–H and O–H groups in total. The van der Waals surface area contributed by atoms with E-state index in [9.17, 15) is 0 Å². The molecule has 0 spiro atoms. The van der Waals surface area contributed by atoms with Crippen molar-refractivity contribution in [1.82, 2.24) is 0 Å². The van der Waals surface area contributed by atoms with Crippen LogP contribution >= 0.6 is 22.0 Å². The molecule has 0 amide bonds. The van der Waals surface area contributed by atoms with Crippen molar-refractivity contribution in [3.8, 4) is 0 Å². The molecule has 0 saturated carbocycles. The summed E-state index contributed by atoms with van der Waals surface area (Å²) in [5.41, 5.74) is 0. The topological polar surface area (TPSA) is 0 Å². The SMILES string of the molecule is C=[P+](CC)C[P+](=C)CP(=C)(C)C. The summed E-state index contributed by atoms with van der Waals surface area (Å²) < 4.78 is 0. The molecule has 2 atom stereocenters. The fourth-order valence-electron chi connectivity index (χ4n) is 0.969. The molecule has 12 heavy (non-hydrogen) atoms. The maximum Gasteiger partial charge on any atom is 0.252 e. The molecule has 0 aromatic heterocycles. The number of hydrogen-bond acceptors (Lipinski definition) is 0. The van der Waals surface area contributed by atoms with Crippen LogP contribution in [0.3, 0.4) is 0 Å². The van der Waals surface area contributed by atoms with E-state index < -0.39 is 6.89 Å². The van der Waals surface area contributed by atoms with Crippen molar-refractivity contribution in [2.24, 2.45) is 0 Å². The van der Waals surface area contributed by atoms with Gasteiger partial charge in [-0.1, -0.05) is 13.2 Å². The van der Waals surface area contributed by atoms with Crippen molar-refractivity contribution in [2.45, 2.75) is 6.92 Å². The second kappa shape index (κ2) is 5.39. The Bertz CT molecular complexity index is 222. The van der Waals surface area contributed by atoms with Crippen LogP contribution in [0.4, 0.5) is 0 Å². The maximum absolute atomic E-state index is 4.24. The van der Waals surface area contributed by atoms with Gasteiger partial charge in [0.2, 0.25) is 0 Å². The Balaban J connectivity index is 3.92. The molecule has 0 heterocycles. The van der Waals surface area contributed by atoms with Crippen LogP contribution in [-0.2, 0) is 0 Å². The van der Waals surface area contributed by atoms with Gasteiger partial charge in [0.1, 0.15) is 27.2 Å².